The topological polar surface area (TPSA) is 74.1 Å². The molecule has 0 unspecified atom stereocenters. The number of para-hydroxylation sites is 1. The number of nitrogens with one attached hydrogen (secondary N) is 1. The van der Waals surface area contributed by atoms with Gasteiger partial charge in [-0.2, -0.15) is 4.68 Å². The van der Waals surface area contributed by atoms with Crippen molar-refractivity contribution in [3.05, 3.63) is 90.0 Å². The molecule has 0 spiro atoms. The van der Waals surface area contributed by atoms with Crippen molar-refractivity contribution in [2.45, 2.75) is 25.2 Å². The number of tetrazole rings is 1. The number of benzene rings is 3. The van der Waals surface area contributed by atoms with Crippen LogP contribution in [0.4, 0.5) is 0 Å². The highest BCUT2D eigenvalue weighted by atomic mass is 32.2. The summed E-state index contributed by atoms with van der Waals surface area (Å²) in [6.45, 7) is 4.64. The van der Waals surface area contributed by atoms with Crippen LogP contribution < -0.4 is 14.8 Å². The summed E-state index contributed by atoms with van der Waals surface area (Å²) in [4.78, 5) is 0. The van der Waals surface area contributed by atoms with Gasteiger partial charge in [-0.05, 0) is 52.7 Å². The second-order valence-corrected chi connectivity index (χ2v) is 8.28. The molecule has 0 aliphatic carbocycles. The van der Waals surface area contributed by atoms with Crippen molar-refractivity contribution in [1.29, 1.82) is 0 Å². The van der Waals surface area contributed by atoms with E-state index in [0.29, 0.717) is 13.2 Å². The summed E-state index contributed by atoms with van der Waals surface area (Å²) >= 11 is 1.62. The highest BCUT2D eigenvalue weighted by Gasteiger charge is 2.09. The third-order valence-electron chi connectivity index (χ3n) is 4.83. The van der Waals surface area contributed by atoms with Gasteiger partial charge < -0.3 is 14.8 Å². The predicted octanol–water partition coefficient (Wildman–Crippen LogP) is 4.52. The maximum Gasteiger partial charge on any atom is 0.214 e. The Labute approximate surface area is 198 Å². The third kappa shape index (κ3) is 6.57. The van der Waals surface area contributed by atoms with Crippen LogP contribution in [0, 0.1) is 0 Å². The van der Waals surface area contributed by atoms with E-state index < -0.39 is 0 Å². The highest BCUT2D eigenvalue weighted by molar-refractivity contribution is 7.99. The number of nitrogens with zero attached hydrogens (tertiary/aromatic N) is 4. The van der Waals surface area contributed by atoms with Crippen molar-refractivity contribution in [2.24, 2.45) is 0 Å². The van der Waals surface area contributed by atoms with Crippen LogP contribution in [0.5, 0.6) is 11.5 Å². The monoisotopic (exact) mass is 461 g/mol. The van der Waals surface area contributed by atoms with Crippen LogP contribution in [0.2, 0.25) is 0 Å². The summed E-state index contributed by atoms with van der Waals surface area (Å²) in [6, 6.07) is 26.1. The van der Waals surface area contributed by atoms with E-state index in [9.17, 15) is 0 Å². The lowest BCUT2D eigenvalue weighted by Crippen LogP contribution is -2.17. The molecule has 0 atom stereocenters. The zero-order valence-electron chi connectivity index (χ0n) is 18.6. The first-order chi connectivity index (χ1) is 16.3. The highest BCUT2D eigenvalue weighted by Crippen LogP contribution is 2.29. The van der Waals surface area contributed by atoms with Crippen molar-refractivity contribution < 1.29 is 9.47 Å². The second-order valence-electron chi connectivity index (χ2n) is 7.22. The Balaban J connectivity index is 1.26. The van der Waals surface area contributed by atoms with Crippen LogP contribution in [0.1, 0.15) is 18.1 Å². The maximum absolute atomic E-state index is 5.99. The second kappa shape index (κ2) is 12.0. The van der Waals surface area contributed by atoms with Gasteiger partial charge in [-0.1, -0.05) is 66.4 Å². The van der Waals surface area contributed by atoms with Crippen molar-refractivity contribution in [3.63, 3.8) is 0 Å². The Morgan fingerprint density at radius 2 is 1.67 bits per heavy atom. The minimum Gasteiger partial charge on any atom is -0.490 e. The molecular formula is C25H27N5O2S. The quantitative estimate of drug-likeness (QED) is 0.246. The minimum absolute atomic E-state index is 0.512. The van der Waals surface area contributed by atoms with Gasteiger partial charge in [0.1, 0.15) is 6.61 Å². The molecule has 1 heterocycles. The molecule has 0 aliphatic heterocycles. The fourth-order valence-corrected chi connectivity index (χ4v) is 4.02. The molecule has 3 aromatic carbocycles. The van der Waals surface area contributed by atoms with E-state index in [-0.39, 0.29) is 0 Å². The lowest BCUT2D eigenvalue weighted by molar-refractivity contribution is 0.269. The van der Waals surface area contributed by atoms with Gasteiger partial charge in [0.15, 0.2) is 11.5 Å². The van der Waals surface area contributed by atoms with Crippen molar-refractivity contribution in [1.82, 2.24) is 25.5 Å². The van der Waals surface area contributed by atoms with Crippen LogP contribution in [0.15, 0.2) is 84.0 Å². The van der Waals surface area contributed by atoms with Crippen molar-refractivity contribution in [3.8, 4) is 17.2 Å². The summed E-state index contributed by atoms with van der Waals surface area (Å²) in [5.74, 6) is 2.38. The summed E-state index contributed by atoms with van der Waals surface area (Å²) < 4.78 is 13.6. The standard InChI is InChI=1S/C25H27N5O2S/c1-2-31-24-17-21(13-14-23(24)32-19-20-9-5-3-6-10-20)18-26-15-16-33-25-27-28-29-30(25)22-11-7-4-8-12-22/h3-14,17,26H,2,15-16,18-19H2,1H3. The van der Waals surface area contributed by atoms with E-state index in [0.717, 1.165) is 52.3 Å². The summed E-state index contributed by atoms with van der Waals surface area (Å²) in [5, 5.41) is 16.3. The molecule has 4 rings (SSSR count). The molecule has 7 nitrogen and oxygen atoms in total. The zero-order chi connectivity index (χ0) is 22.7. The van der Waals surface area contributed by atoms with E-state index in [4.69, 9.17) is 9.47 Å². The molecule has 1 aromatic heterocycles. The van der Waals surface area contributed by atoms with E-state index in [1.807, 2.05) is 67.6 Å². The van der Waals surface area contributed by atoms with Gasteiger partial charge in [-0.3, -0.25) is 0 Å². The molecule has 0 radical (unpaired) electrons. The number of thioether (sulfide) groups is 1. The smallest absolute Gasteiger partial charge is 0.214 e. The molecule has 0 bridgehead atoms. The summed E-state index contributed by atoms with van der Waals surface area (Å²) in [6.07, 6.45) is 0. The van der Waals surface area contributed by atoms with E-state index in [1.165, 1.54) is 0 Å². The third-order valence-corrected chi connectivity index (χ3v) is 5.75. The molecule has 0 saturated carbocycles. The molecule has 0 saturated heterocycles. The molecule has 8 heteroatoms. The van der Waals surface area contributed by atoms with Crippen LogP contribution in [-0.2, 0) is 13.2 Å². The van der Waals surface area contributed by atoms with Crippen molar-refractivity contribution >= 4 is 11.8 Å². The van der Waals surface area contributed by atoms with Gasteiger partial charge >= 0.3 is 0 Å². The van der Waals surface area contributed by atoms with Gasteiger partial charge in [0.2, 0.25) is 5.16 Å². The van der Waals surface area contributed by atoms with Crippen LogP contribution in [0.25, 0.3) is 5.69 Å². The average Bonchev–Trinajstić information content (AvgIpc) is 3.33. The largest absolute Gasteiger partial charge is 0.490 e. The fourth-order valence-electron chi connectivity index (χ4n) is 3.23. The number of rotatable bonds is 12. The number of hydrogen-bond donors (Lipinski definition) is 1. The van der Waals surface area contributed by atoms with Gasteiger partial charge in [0, 0.05) is 18.8 Å². The average molecular weight is 462 g/mol. The number of ether oxygens (including phenoxy) is 2. The zero-order valence-corrected chi connectivity index (χ0v) is 19.4. The molecule has 33 heavy (non-hydrogen) atoms. The molecule has 0 amide bonds. The minimum atomic E-state index is 0.512. The number of hydrogen-bond acceptors (Lipinski definition) is 7. The molecule has 4 aromatic rings. The van der Waals surface area contributed by atoms with Crippen molar-refractivity contribution in [2.75, 3.05) is 18.9 Å². The Hall–Kier alpha value is -3.36. The molecule has 1 N–H and O–H groups in total. The Morgan fingerprint density at radius 3 is 2.45 bits per heavy atom. The molecule has 170 valence electrons. The summed E-state index contributed by atoms with van der Waals surface area (Å²) in [5.41, 5.74) is 3.22. The first kappa shape index (κ1) is 22.8. The van der Waals surface area contributed by atoms with Gasteiger partial charge in [-0.15, -0.1) is 5.10 Å². The molecule has 0 aliphatic rings. The Morgan fingerprint density at radius 1 is 0.879 bits per heavy atom. The van der Waals surface area contributed by atoms with Gasteiger partial charge in [0.25, 0.3) is 0 Å². The van der Waals surface area contributed by atoms with E-state index >= 15 is 0 Å². The lowest BCUT2D eigenvalue weighted by atomic mass is 10.2. The Bertz CT molecular complexity index is 1120. The van der Waals surface area contributed by atoms with Crippen LogP contribution in [-0.4, -0.2) is 39.1 Å². The van der Waals surface area contributed by atoms with E-state index in [1.54, 1.807) is 16.4 Å². The first-order valence-electron chi connectivity index (χ1n) is 10.9. The van der Waals surface area contributed by atoms with Gasteiger partial charge in [-0.25, -0.2) is 0 Å². The maximum atomic E-state index is 5.99. The molecular weight excluding hydrogens is 434 g/mol. The van der Waals surface area contributed by atoms with Gasteiger partial charge in [0.05, 0.1) is 12.3 Å². The predicted molar refractivity (Wildman–Crippen MR) is 130 cm³/mol. The lowest BCUT2D eigenvalue weighted by Gasteiger charge is -2.14. The van der Waals surface area contributed by atoms with Crippen LogP contribution in [0.3, 0.4) is 0 Å². The fraction of sp³-hybridized carbons (Fsp3) is 0.240. The molecule has 0 fully saturated rings. The number of aromatic nitrogens is 4. The first-order valence-corrected chi connectivity index (χ1v) is 11.9. The normalized spacial score (nSPS) is 10.8. The van der Waals surface area contributed by atoms with Crippen LogP contribution >= 0.6 is 11.8 Å². The summed E-state index contributed by atoms with van der Waals surface area (Å²) in [7, 11) is 0. The van der Waals surface area contributed by atoms with E-state index in [2.05, 4.69) is 39.0 Å². The Kier molecular flexibility index (Phi) is 8.32. The SMILES string of the molecule is CCOc1cc(CNCCSc2nnnn2-c2ccccc2)ccc1OCc1ccccc1.